The minimum atomic E-state index is -4.77. The number of rotatable bonds is 10. The number of benzene rings is 2. The molecule has 3 aromatic rings. The number of aliphatic hydroxyl groups is 2. The van der Waals surface area contributed by atoms with E-state index in [1.807, 2.05) is 31.2 Å². The second-order valence-corrected chi connectivity index (χ2v) is 10.7. The Balaban J connectivity index is 1.47. The van der Waals surface area contributed by atoms with Crippen molar-refractivity contribution in [3.8, 4) is 11.1 Å². The highest BCUT2D eigenvalue weighted by atomic mass is 19.4. The molecule has 0 saturated carbocycles. The van der Waals surface area contributed by atoms with E-state index in [4.69, 9.17) is 9.84 Å². The summed E-state index contributed by atoms with van der Waals surface area (Å²) in [4.78, 5) is 21.1. The number of nitrogens with zero attached hydrogens (tertiary/aromatic N) is 3. The Morgan fingerprint density at radius 3 is 2.37 bits per heavy atom. The maximum absolute atomic E-state index is 13.2. The van der Waals surface area contributed by atoms with Crippen LogP contribution in [0.2, 0.25) is 0 Å². The van der Waals surface area contributed by atoms with Crippen molar-refractivity contribution in [2.75, 3.05) is 32.8 Å². The highest BCUT2D eigenvalue weighted by molar-refractivity contribution is 5.70. The number of hydrogen-bond donors (Lipinski definition) is 2. The average Bonchev–Trinajstić information content (AvgIpc) is 2.93. The summed E-state index contributed by atoms with van der Waals surface area (Å²) in [5, 5.41) is 19.0. The first-order chi connectivity index (χ1) is 19.5. The molecule has 0 spiro atoms. The number of piperazine rings is 1. The molecule has 0 radical (unpaired) electrons. The lowest BCUT2D eigenvalue weighted by atomic mass is 9.92. The minimum absolute atomic E-state index is 0.0261. The van der Waals surface area contributed by atoms with Gasteiger partial charge in [-0.25, -0.2) is 0 Å². The van der Waals surface area contributed by atoms with Gasteiger partial charge in [0.25, 0.3) is 0 Å². The zero-order valence-electron chi connectivity index (χ0n) is 23.3. The number of pyridine rings is 1. The summed E-state index contributed by atoms with van der Waals surface area (Å²) in [6.07, 6.45) is -1.04. The summed E-state index contributed by atoms with van der Waals surface area (Å²) in [6.45, 7) is 6.10. The van der Waals surface area contributed by atoms with Gasteiger partial charge in [0, 0.05) is 51.2 Å². The zero-order valence-corrected chi connectivity index (χ0v) is 23.3. The third-order valence-corrected chi connectivity index (χ3v) is 7.59. The third-order valence-electron chi connectivity index (χ3n) is 7.59. The molecule has 4 rings (SSSR count). The van der Waals surface area contributed by atoms with Gasteiger partial charge in [-0.15, -0.1) is 0 Å². The minimum Gasteiger partial charge on any atom is -0.463 e. The quantitative estimate of drug-likeness (QED) is 0.348. The van der Waals surface area contributed by atoms with Gasteiger partial charge in [-0.3, -0.25) is 19.6 Å². The SMILES string of the molecule is Cc1cc(CN2CCN(Cc3ccncc3)C[C@H]2CC(=O)OCCO)ccc1-c1ccc(C(C)(O)C(F)(F)F)cc1. The molecule has 41 heavy (non-hydrogen) atoms. The van der Waals surface area contributed by atoms with Crippen molar-refractivity contribution in [1.29, 1.82) is 0 Å². The molecule has 2 heterocycles. The van der Waals surface area contributed by atoms with E-state index < -0.39 is 11.8 Å². The van der Waals surface area contributed by atoms with E-state index in [1.165, 1.54) is 12.1 Å². The number of alkyl halides is 3. The second kappa shape index (κ2) is 13.1. The molecule has 220 valence electrons. The number of carbonyl (C=O) groups excluding carboxylic acids is 1. The Bertz CT molecular complexity index is 1300. The average molecular weight is 572 g/mol. The summed E-state index contributed by atoms with van der Waals surface area (Å²) in [5.41, 5.74) is 1.68. The van der Waals surface area contributed by atoms with E-state index in [1.54, 1.807) is 24.5 Å². The lowest BCUT2D eigenvalue weighted by Gasteiger charge is -2.41. The Hall–Kier alpha value is -3.31. The van der Waals surface area contributed by atoms with Gasteiger partial charge in [0.05, 0.1) is 13.0 Å². The molecule has 10 heteroatoms. The summed E-state index contributed by atoms with van der Waals surface area (Å²) < 4.78 is 44.8. The summed E-state index contributed by atoms with van der Waals surface area (Å²) in [6, 6.07) is 15.7. The van der Waals surface area contributed by atoms with Crippen LogP contribution in [0.5, 0.6) is 0 Å². The van der Waals surface area contributed by atoms with Crippen LogP contribution in [0.1, 0.15) is 35.6 Å². The summed E-state index contributed by atoms with van der Waals surface area (Å²) >= 11 is 0. The fraction of sp³-hybridized carbons (Fsp3) is 0.419. The number of aryl methyl sites for hydroxylation is 1. The van der Waals surface area contributed by atoms with Crippen LogP contribution < -0.4 is 0 Å². The lowest BCUT2D eigenvalue weighted by molar-refractivity contribution is -0.258. The van der Waals surface area contributed by atoms with Gasteiger partial charge in [-0.05, 0) is 59.4 Å². The van der Waals surface area contributed by atoms with Crippen molar-refractivity contribution >= 4 is 5.97 Å². The number of halogens is 3. The van der Waals surface area contributed by atoms with Crippen molar-refractivity contribution < 1.29 is 32.9 Å². The van der Waals surface area contributed by atoms with E-state index in [9.17, 15) is 23.1 Å². The van der Waals surface area contributed by atoms with Gasteiger partial charge in [0.2, 0.25) is 0 Å². The van der Waals surface area contributed by atoms with Crippen LogP contribution in [0.25, 0.3) is 11.1 Å². The fourth-order valence-corrected chi connectivity index (χ4v) is 5.18. The van der Waals surface area contributed by atoms with Crippen LogP contribution in [0.4, 0.5) is 13.2 Å². The first-order valence-electron chi connectivity index (χ1n) is 13.6. The number of aromatic nitrogens is 1. The Morgan fingerprint density at radius 2 is 1.73 bits per heavy atom. The molecule has 0 amide bonds. The third kappa shape index (κ3) is 7.71. The van der Waals surface area contributed by atoms with Gasteiger partial charge in [-0.1, -0.05) is 42.5 Å². The molecule has 1 aromatic heterocycles. The van der Waals surface area contributed by atoms with E-state index in [2.05, 4.69) is 20.9 Å². The molecular weight excluding hydrogens is 535 g/mol. The fourth-order valence-electron chi connectivity index (χ4n) is 5.18. The van der Waals surface area contributed by atoms with Crippen LogP contribution in [-0.4, -0.2) is 76.0 Å². The van der Waals surface area contributed by atoms with Crippen molar-refractivity contribution in [3.05, 3.63) is 89.2 Å². The molecule has 1 aliphatic heterocycles. The Kier molecular flexibility index (Phi) is 9.80. The molecule has 0 bridgehead atoms. The van der Waals surface area contributed by atoms with E-state index >= 15 is 0 Å². The lowest BCUT2D eigenvalue weighted by Crippen LogP contribution is -2.53. The molecule has 7 nitrogen and oxygen atoms in total. The van der Waals surface area contributed by atoms with Gasteiger partial charge < -0.3 is 14.9 Å². The summed E-state index contributed by atoms with van der Waals surface area (Å²) in [7, 11) is 0. The van der Waals surface area contributed by atoms with Gasteiger partial charge >= 0.3 is 12.1 Å². The first kappa shape index (κ1) is 30.6. The highest BCUT2D eigenvalue weighted by Gasteiger charge is 2.51. The van der Waals surface area contributed by atoms with Crippen LogP contribution in [0.3, 0.4) is 0 Å². The first-order valence-corrected chi connectivity index (χ1v) is 13.6. The van der Waals surface area contributed by atoms with Crippen molar-refractivity contribution in [1.82, 2.24) is 14.8 Å². The Labute approximate surface area is 238 Å². The number of aliphatic hydroxyl groups excluding tert-OH is 1. The molecule has 2 aromatic carbocycles. The van der Waals surface area contributed by atoms with Crippen LogP contribution in [-0.2, 0) is 28.2 Å². The molecule has 1 unspecified atom stereocenters. The van der Waals surface area contributed by atoms with E-state index in [0.29, 0.717) is 13.1 Å². The number of esters is 1. The molecule has 1 fully saturated rings. The second-order valence-electron chi connectivity index (χ2n) is 10.7. The number of ether oxygens (including phenoxy) is 1. The maximum atomic E-state index is 13.2. The predicted molar refractivity (Wildman–Crippen MR) is 149 cm³/mol. The van der Waals surface area contributed by atoms with Crippen molar-refractivity contribution in [2.24, 2.45) is 0 Å². The number of carbonyl (C=O) groups is 1. The van der Waals surface area contributed by atoms with E-state index in [0.717, 1.165) is 54.4 Å². The van der Waals surface area contributed by atoms with E-state index in [-0.39, 0.29) is 37.2 Å². The van der Waals surface area contributed by atoms with Crippen LogP contribution >= 0.6 is 0 Å². The zero-order chi connectivity index (χ0) is 29.6. The molecule has 2 N–H and O–H groups in total. The Morgan fingerprint density at radius 1 is 1.02 bits per heavy atom. The smallest absolute Gasteiger partial charge is 0.421 e. The summed E-state index contributed by atoms with van der Waals surface area (Å²) in [5.74, 6) is -0.348. The van der Waals surface area contributed by atoms with Gasteiger partial charge in [-0.2, -0.15) is 13.2 Å². The number of hydrogen-bond acceptors (Lipinski definition) is 7. The molecule has 2 atom stereocenters. The van der Waals surface area contributed by atoms with Crippen molar-refractivity contribution in [2.45, 2.75) is 51.2 Å². The highest BCUT2D eigenvalue weighted by Crippen LogP contribution is 2.39. The van der Waals surface area contributed by atoms with Gasteiger partial charge in [0.1, 0.15) is 6.61 Å². The standard InChI is InChI=1S/C31H36F3N3O4/c1-22-17-24(3-8-28(22)25-4-6-26(7-5-25)30(2,40)31(32,33)34)20-37-14-13-36(19-23-9-11-35-12-10-23)21-27(37)18-29(39)41-16-15-38/h3-12,17,27,38,40H,13-16,18-21H2,1-2H3/t27-,30?/m1/s1. The predicted octanol–water partition coefficient (Wildman–Crippen LogP) is 4.44. The largest absolute Gasteiger partial charge is 0.463 e. The topological polar surface area (TPSA) is 86.1 Å². The van der Waals surface area contributed by atoms with Gasteiger partial charge in [0.15, 0.2) is 5.60 Å². The molecule has 1 aliphatic rings. The molecule has 0 aliphatic carbocycles. The maximum Gasteiger partial charge on any atom is 0.421 e. The van der Waals surface area contributed by atoms with Crippen LogP contribution in [0, 0.1) is 6.92 Å². The molecule has 1 saturated heterocycles. The van der Waals surface area contributed by atoms with Crippen molar-refractivity contribution in [3.63, 3.8) is 0 Å². The van der Waals surface area contributed by atoms with Crippen LogP contribution in [0.15, 0.2) is 67.0 Å². The normalized spacial score (nSPS) is 18.2. The molecular formula is C31H36F3N3O4. The monoisotopic (exact) mass is 571 g/mol.